The van der Waals surface area contributed by atoms with Crippen LogP contribution in [0.4, 0.5) is 10.1 Å². The van der Waals surface area contributed by atoms with Crippen molar-refractivity contribution in [1.82, 2.24) is 5.32 Å². The molecule has 5 heteroatoms. The number of nitrogens with one attached hydrogen (secondary N) is 1. The maximum Gasteiger partial charge on any atom is 0.217 e. The zero-order valence-corrected chi connectivity index (χ0v) is 10.3. The monoisotopic (exact) mass is 252 g/mol. The standard InChI is InChI=1S/C13H17FN2O2/c1-9(18)15-12-2-3-16(7-12)13-5-10(8-17)4-11(14)6-13/h4-6,12,17H,2-3,7-8H2,1H3,(H,15,18). The van der Waals surface area contributed by atoms with Crippen molar-refractivity contribution < 1.29 is 14.3 Å². The Morgan fingerprint density at radius 1 is 1.56 bits per heavy atom. The van der Waals surface area contributed by atoms with E-state index in [4.69, 9.17) is 5.11 Å². The molecule has 18 heavy (non-hydrogen) atoms. The molecule has 2 N–H and O–H groups in total. The molecule has 0 radical (unpaired) electrons. The van der Waals surface area contributed by atoms with E-state index in [2.05, 4.69) is 5.32 Å². The van der Waals surface area contributed by atoms with E-state index < -0.39 is 0 Å². The lowest BCUT2D eigenvalue weighted by Crippen LogP contribution is -2.35. The number of carbonyl (C=O) groups is 1. The van der Waals surface area contributed by atoms with E-state index in [-0.39, 0.29) is 24.4 Å². The van der Waals surface area contributed by atoms with E-state index in [0.29, 0.717) is 12.1 Å². The first-order valence-electron chi connectivity index (χ1n) is 6.01. The minimum Gasteiger partial charge on any atom is -0.392 e. The molecule has 1 aromatic carbocycles. The fourth-order valence-corrected chi connectivity index (χ4v) is 2.31. The smallest absolute Gasteiger partial charge is 0.217 e. The molecule has 1 aliphatic rings. The maximum atomic E-state index is 13.4. The highest BCUT2D eigenvalue weighted by Crippen LogP contribution is 2.23. The molecular formula is C13H17FN2O2. The molecule has 0 aromatic heterocycles. The first-order valence-corrected chi connectivity index (χ1v) is 6.01. The molecule has 1 aromatic rings. The van der Waals surface area contributed by atoms with Gasteiger partial charge in [-0.25, -0.2) is 4.39 Å². The number of carbonyl (C=O) groups excluding carboxylic acids is 1. The molecule has 1 aliphatic heterocycles. The summed E-state index contributed by atoms with van der Waals surface area (Å²) in [5.41, 5.74) is 1.32. The van der Waals surface area contributed by atoms with Crippen molar-refractivity contribution in [3.05, 3.63) is 29.6 Å². The Morgan fingerprint density at radius 2 is 2.33 bits per heavy atom. The van der Waals surface area contributed by atoms with Gasteiger partial charge in [0.2, 0.25) is 5.91 Å². The van der Waals surface area contributed by atoms with E-state index in [0.717, 1.165) is 18.7 Å². The number of aliphatic hydroxyl groups is 1. The number of nitrogens with zero attached hydrogens (tertiary/aromatic N) is 1. The van der Waals surface area contributed by atoms with Gasteiger partial charge in [-0.1, -0.05) is 0 Å². The summed E-state index contributed by atoms with van der Waals surface area (Å²) in [5, 5.41) is 11.9. The Kier molecular flexibility index (Phi) is 3.81. The Balaban J connectivity index is 2.09. The van der Waals surface area contributed by atoms with Gasteiger partial charge in [-0.05, 0) is 30.2 Å². The number of anilines is 1. The Labute approximate surface area is 105 Å². The highest BCUT2D eigenvalue weighted by Gasteiger charge is 2.23. The van der Waals surface area contributed by atoms with E-state index in [1.807, 2.05) is 4.90 Å². The van der Waals surface area contributed by atoms with Gasteiger partial charge in [0, 0.05) is 31.7 Å². The average Bonchev–Trinajstić information content (AvgIpc) is 2.75. The number of benzene rings is 1. The van der Waals surface area contributed by atoms with Crippen LogP contribution in [0, 0.1) is 5.82 Å². The van der Waals surface area contributed by atoms with Crippen LogP contribution in [0.1, 0.15) is 18.9 Å². The molecule has 1 saturated heterocycles. The number of aliphatic hydroxyl groups excluding tert-OH is 1. The number of halogens is 1. The van der Waals surface area contributed by atoms with Crippen molar-refractivity contribution in [2.75, 3.05) is 18.0 Å². The van der Waals surface area contributed by atoms with Gasteiger partial charge in [-0.2, -0.15) is 0 Å². The van der Waals surface area contributed by atoms with Gasteiger partial charge in [-0.15, -0.1) is 0 Å². The first-order chi connectivity index (χ1) is 8.58. The predicted molar refractivity (Wildman–Crippen MR) is 66.8 cm³/mol. The zero-order chi connectivity index (χ0) is 13.1. The molecule has 2 rings (SSSR count). The van der Waals surface area contributed by atoms with E-state index in [9.17, 15) is 9.18 Å². The van der Waals surface area contributed by atoms with E-state index >= 15 is 0 Å². The molecule has 0 saturated carbocycles. The Morgan fingerprint density at radius 3 is 3.00 bits per heavy atom. The van der Waals surface area contributed by atoms with Gasteiger partial charge < -0.3 is 15.3 Å². The third-order valence-electron chi connectivity index (χ3n) is 3.09. The number of amides is 1. The second-order valence-corrected chi connectivity index (χ2v) is 4.61. The molecule has 0 aliphatic carbocycles. The highest BCUT2D eigenvalue weighted by molar-refractivity contribution is 5.73. The first kappa shape index (κ1) is 12.8. The fraction of sp³-hybridized carbons (Fsp3) is 0.462. The van der Waals surface area contributed by atoms with Crippen LogP contribution in [0.25, 0.3) is 0 Å². The summed E-state index contributed by atoms with van der Waals surface area (Å²) in [7, 11) is 0. The van der Waals surface area contributed by atoms with Crippen molar-refractivity contribution in [3.8, 4) is 0 Å². The van der Waals surface area contributed by atoms with Crippen LogP contribution in [-0.4, -0.2) is 30.1 Å². The SMILES string of the molecule is CC(=O)NC1CCN(c2cc(F)cc(CO)c2)C1. The van der Waals surface area contributed by atoms with Gasteiger partial charge in [0.1, 0.15) is 5.82 Å². The van der Waals surface area contributed by atoms with Crippen molar-refractivity contribution in [3.63, 3.8) is 0 Å². The van der Waals surface area contributed by atoms with Gasteiger partial charge in [0.25, 0.3) is 0 Å². The molecule has 0 spiro atoms. The summed E-state index contributed by atoms with van der Waals surface area (Å²) in [6, 6.07) is 4.67. The summed E-state index contributed by atoms with van der Waals surface area (Å²) in [6.45, 7) is 2.77. The van der Waals surface area contributed by atoms with Crippen LogP contribution in [-0.2, 0) is 11.4 Å². The topological polar surface area (TPSA) is 52.6 Å². The Bertz CT molecular complexity index is 451. The minimum absolute atomic E-state index is 0.0443. The molecule has 1 unspecified atom stereocenters. The van der Waals surface area contributed by atoms with Crippen LogP contribution < -0.4 is 10.2 Å². The number of rotatable bonds is 3. The van der Waals surface area contributed by atoms with Crippen molar-refractivity contribution in [2.24, 2.45) is 0 Å². The average molecular weight is 252 g/mol. The van der Waals surface area contributed by atoms with Crippen LogP contribution >= 0.6 is 0 Å². The quantitative estimate of drug-likeness (QED) is 0.845. The summed E-state index contributed by atoms with van der Waals surface area (Å²) in [6.07, 6.45) is 0.852. The number of hydrogen-bond acceptors (Lipinski definition) is 3. The lowest BCUT2D eigenvalue weighted by molar-refractivity contribution is -0.119. The lowest BCUT2D eigenvalue weighted by atomic mass is 10.2. The van der Waals surface area contributed by atoms with Crippen molar-refractivity contribution in [2.45, 2.75) is 26.0 Å². The number of hydrogen-bond donors (Lipinski definition) is 2. The van der Waals surface area contributed by atoms with Gasteiger partial charge in [0.05, 0.1) is 6.61 Å². The van der Waals surface area contributed by atoms with Crippen molar-refractivity contribution in [1.29, 1.82) is 0 Å². The van der Waals surface area contributed by atoms with Gasteiger partial charge in [-0.3, -0.25) is 4.79 Å². The second kappa shape index (κ2) is 5.35. The lowest BCUT2D eigenvalue weighted by Gasteiger charge is -2.19. The summed E-state index contributed by atoms with van der Waals surface area (Å²) >= 11 is 0. The van der Waals surface area contributed by atoms with Crippen LogP contribution in [0.5, 0.6) is 0 Å². The van der Waals surface area contributed by atoms with Crippen LogP contribution in [0.2, 0.25) is 0 Å². The third kappa shape index (κ3) is 2.98. The molecular weight excluding hydrogens is 235 g/mol. The minimum atomic E-state index is -0.348. The van der Waals surface area contributed by atoms with Gasteiger partial charge >= 0.3 is 0 Å². The van der Waals surface area contributed by atoms with Crippen LogP contribution in [0.3, 0.4) is 0 Å². The van der Waals surface area contributed by atoms with Crippen molar-refractivity contribution >= 4 is 11.6 Å². The largest absolute Gasteiger partial charge is 0.392 e. The zero-order valence-electron chi connectivity index (χ0n) is 10.3. The normalized spacial score (nSPS) is 19.1. The third-order valence-corrected chi connectivity index (χ3v) is 3.09. The summed E-state index contributed by atoms with van der Waals surface area (Å²) in [4.78, 5) is 13.0. The molecule has 1 fully saturated rings. The predicted octanol–water partition coefficient (Wildman–Crippen LogP) is 1.03. The van der Waals surface area contributed by atoms with Gasteiger partial charge in [0.15, 0.2) is 0 Å². The van der Waals surface area contributed by atoms with E-state index in [1.54, 1.807) is 6.07 Å². The molecule has 4 nitrogen and oxygen atoms in total. The molecule has 98 valence electrons. The molecule has 1 heterocycles. The maximum absolute atomic E-state index is 13.4. The fourth-order valence-electron chi connectivity index (χ4n) is 2.31. The summed E-state index contributed by atoms with van der Waals surface area (Å²) in [5.74, 6) is -0.392. The van der Waals surface area contributed by atoms with Crippen LogP contribution in [0.15, 0.2) is 18.2 Å². The van der Waals surface area contributed by atoms with E-state index in [1.165, 1.54) is 19.1 Å². The highest BCUT2D eigenvalue weighted by atomic mass is 19.1. The second-order valence-electron chi connectivity index (χ2n) is 4.61. The molecule has 1 amide bonds. The molecule has 0 bridgehead atoms. The Hall–Kier alpha value is -1.62. The summed E-state index contributed by atoms with van der Waals surface area (Å²) < 4.78 is 13.4. The molecule has 1 atom stereocenters.